The molecule has 0 unspecified atom stereocenters. The minimum absolute atomic E-state index is 0.0350. The molecule has 2 rings (SSSR count). The van der Waals surface area contributed by atoms with Gasteiger partial charge >= 0.3 is 0 Å². The highest BCUT2D eigenvalue weighted by Gasteiger charge is 2.17. The van der Waals surface area contributed by atoms with Crippen LogP contribution in [0, 0.1) is 0 Å². The van der Waals surface area contributed by atoms with E-state index in [1.807, 2.05) is 46.7 Å². The summed E-state index contributed by atoms with van der Waals surface area (Å²) in [5.74, 6) is 0.0350. The Morgan fingerprint density at radius 3 is 2.70 bits per heavy atom. The fraction of sp³-hybridized carbons (Fsp3) is 0.267. The molecule has 1 heterocycles. The summed E-state index contributed by atoms with van der Waals surface area (Å²) in [4.78, 5) is 14.3. The maximum absolute atomic E-state index is 12.5. The van der Waals surface area contributed by atoms with Crippen LogP contribution in [0.3, 0.4) is 0 Å². The summed E-state index contributed by atoms with van der Waals surface area (Å²) >= 11 is 4.91. The second-order valence-corrected chi connectivity index (χ2v) is 6.64. The van der Waals surface area contributed by atoms with Crippen LogP contribution in [0.5, 0.6) is 0 Å². The van der Waals surface area contributed by atoms with Crippen molar-refractivity contribution in [3.8, 4) is 0 Å². The molecule has 0 atom stereocenters. The van der Waals surface area contributed by atoms with Crippen molar-refractivity contribution in [1.29, 1.82) is 0 Å². The smallest absolute Gasteiger partial charge is 0.255 e. The van der Waals surface area contributed by atoms with Gasteiger partial charge in [0.15, 0.2) is 0 Å². The fourth-order valence-corrected chi connectivity index (χ4v) is 2.99. The zero-order chi connectivity index (χ0) is 14.4. The van der Waals surface area contributed by atoms with Gasteiger partial charge < -0.3 is 9.64 Å². The van der Waals surface area contributed by atoms with Gasteiger partial charge in [0.1, 0.15) is 0 Å². The SMILES string of the molecule is COCCN(Cc1ccccc1)C(=O)c1csc(Br)c1. The standard InChI is InChI=1S/C15H16BrNO2S/c1-19-8-7-17(10-12-5-3-2-4-6-12)15(18)13-9-14(16)20-11-13/h2-6,9,11H,7-8,10H2,1H3. The van der Waals surface area contributed by atoms with E-state index >= 15 is 0 Å². The van der Waals surface area contributed by atoms with Gasteiger partial charge in [-0.15, -0.1) is 11.3 Å². The van der Waals surface area contributed by atoms with E-state index in [-0.39, 0.29) is 5.91 Å². The zero-order valence-electron chi connectivity index (χ0n) is 11.2. The molecular formula is C15H16BrNO2S. The van der Waals surface area contributed by atoms with Crippen molar-refractivity contribution in [3.05, 3.63) is 56.7 Å². The Bertz CT molecular complexity index is 556. The van der Waals surface area contributed by atoms with Gasteiger partial charge in [0.2, 0.25) is 0 Å². The van der Waals surface area contributed by atoms with Gasteiger partial charge in [-0.2, -0.15) is 0 Å². The molecule has 106 valence electrons. The van der Waals surface area contributed by atoms with Crippen LogP contribution in [0.25, 0.3) is 0 Å². The molecule has 0 radical (unpaired) electrons. The highest BCUT2D eigenvalue weighted by Crippen LogP contribution is 2.22. The molecule has 5 heteroatoms. The minimum atomic E-state index is 0.0350. The summed E-state index contributed by atoms with van der Waals surface area (Å²) in [6, 6.07) is 11.8. The Balaban J connectivity index is 2.12. The Kier molecular flexibility index (Phi) is 5.76. The zero-order valence-corrected chi connectivity index (χ0v) is 13.6. The lowest BCUT2D eigenvalue weighted by Gasteiger charge is -2.22. The molecular weight excluding hydrogens is 338 g/mol. The highest BCUT2D eigenvalue weighted by molar-refractivity contribution is 9.11. The fourth-order valence-electron chi connectivity index (χ4n) is 1.86. The van der Waals surface area contributed by atoms with Gasteiger partial charge in [-0.25, -0.2) is 0 Å². The number of hydrogen-bond donors (Lipinski definition) is 0. The van der Waals surface area contributed by atoms with Crippen molar-refractivity contribution in [2.24, 2.45) is 0 Å². The lowest BCUT2D eigenvalue weighted by Crippen LogP contribution is -2.33. The van der Waals surface area contributed by atoms with Gasteiger partial charge in [0.05, 0.1) is 16.0 Å². The van der Waals surface area contributed by atoms with Crippen LogP contribution in [0.15, 0.2) is 45.6 Å². The van der Waals surface area contributed by atoms with Crippen molar-refractivity contribution in [2.75, 3.05) is 20.3 Å². The third-order valence-corrected chi connectivity index (χ3v) is 4.39. The van der Waals surface area contributed by atoms with Crippen LogP contribution < -0.4 is 0 Å². The number of amides is 1. The number of carbonyl (C=O) groups excluding carboxylic acids is 1. The topological polar surface area (TPSA) is 29.5 Å². The van der Waals surface area contributed by atoms with Crippen molar-refractivity contribution in [2.45, 2.75) is 6.54 Å². The number of nitrogens with zero attached hydrogens (tertiary/aromatic N) is 1. The van der Waals surface area contributed by atoms with Crippen molar-refractivity contribution in [1.82, 2.24) is 4.90 Å². The maximum Gasteiger partial charge on any atom is 0.255 e. The Labute approximate surface area is 131 Å². The monoisotopic (exact) mass is 353 g/mol. The number of hydrogen-bond acceptors (Lipinski definition) is 3. The summed E-state index contributed by atoms with van der Waals surface area (Å²) in [6.45, 7) is 1.71. The number of thiophene rings is 1. The van der Waals surface area contributed by atoms with E-state index in [0.717, 1.165) is 9.35 Å². The molecule has 0 aliphatic heterocycles. The van der Waals surface area contributed by atoms with Crippen LogP contribution in [0.4, 0.5) is 0 Å². The van der Waals surface area contributed by atoms with Crippen LogP contribution in [0.1, 0.15) is 15.9 Å². The molecule has 0 fully saturated rings. The summed E-state index contributed by atoms with van der Waals surface area (Å²) in [5, 5.41) is 1.87. The van der Waals surface area contributed by atoms with Gasteiger partial charge in [-0.1, -0.05) is 30.3 Å². The third kappa shape index (κ3) is 4.16. The highest BCUT2D eigenvalue weighted by atomic mass is 79.9. The lowest BCUT2D eigenvalue weighted by atomic mass is 10.2. The van der Waals surface area contributed by atoms with Crippen LogP contribution in [-0.2, 0) is 11.3 Å². The van der Waals surface area contributed by atoms with Crippen molar-refractivity contribution < 1.29 is 9.53 Å². The first kappa shape index (κ1) is 15.2. The molecule has 3 nitrogen and oxygen atoms in total. The van der Waals surface area contributed by atoms with Gasteiger partial charge in [0, 0.05) is 25.6 Å². The first-order valence-electron chi connectivity index (χ1n) is 6.27. The molecule has 1 amide bonds. The van der Waals surface area contributed by atoms with Crippen LogP contribution in [-0.4, -0.2) is 31.1 Å². The molecule has 0 N–H and O–H groups in total. The minimum Gasteiger partial charge on any atom is -0.383 e. The van der Waals surface area contributed by atoms with E-state index in [1.54, 1.807) is 7.11 Å². The largest absolute Gasteiger partial charge is 0.383 e. The summed E-state index contributed by atoms with van der Waals surface area (Å²) in [7, 11) is 1.65. The molecule has 0 bridgehead atoms. The second-order valence-electron chi connectivity index (χ2n) is 4.34. The van der Waals surface area contributed by atoms with Gasteiger partial charge in [-0.3, -0.25) is 4.79 Å². The molecule has 0 spiro atoms. The van der Waals surface area contributed by atoms with Gasteiger partial charge in [-0.05, 0) is 27.6 Å². The number of rotatable bonds is 6. The molecule has 0 aliphatic carbocycles. The number of halogens is 1. The summed E-state index contributed by atoms with van der Waals surface area (Å²) in [5.41, 5.74) is 1.83. The molecule has 2 aromatic rings. The maximum atomic E-state index is 12.5. The Morgan fingerprint density at radius 1 is 1.35 bits per heavy atom. The number of ether oxygens (including phenoxy) is 1. The van der Waals surface area contributed by atoms with Crippen LogP contribution in [0.2, 0.25) is 0 Å². The molecule has 1 aromatic heterocycles. The van der Waals surface area contributed by atoms with Crippen LogP contribution >= 0.6 is 27.3 Å². The molecule has 0 aliphatic rings. The van der Waals surface area contributed by atoms with Crippen molar-refractivity contribution >= 4 is 33.2 Å². The average Bonchev–Trinajstić information content (AvgIpc) is 2.90. The predicted molar refractivity (Wildman–Crippen MR) is 85.1 cm³/mol. The molecule has 20 heavy (non-hydrogen) atoms. The Hall–Kier alpha value is -1.17. The number of methoxy groups -OCH3 is 1. The van der Waals surface area contributed by atoms with Crippen molar-refractivity contribution in [3.63, 3.8) is 0 Å². The van der Waals surface area contributed by atoms with E-state index in [0.29, 0.717) is 25.3 Å². The lowest BCUT2D eigenvalue weighted by molar-refractivity contribution is 0.0681. The van der Waals surface area contributed by atoms with E-state index in [2.05, 4.69) is 15.9 Å². The second kappa shape index (κ2) is 7.57. The van der Waals surface area contributed by atoms with Gasteiger partial charge in [0.25, 0.3) is 5.91 Å². The molecule has 0 saturated carbocycles. The van der Waals surface area contributed by atoms with E-state index in [4.69, 9.17) is 4.74 Å². The average molecular weight is 354 g/mol. The summed E-state index contributed by atoms with van der Waals surface area (Å²) in [6.07, 6.45) is 0. The quantitative estimate of drug-likeness (QED) is 0.790. The number of benzene rings is 1. The third-order valence-electron chi connectivity index (χ3n) is 2.88. The van der Waals surface area contributed by atoms with E-state index in [1.165, 1.54) is 11.3 Å². The van der Waals surface area contributed by atoms with E-state index < -0.39 is 0 Å². The number of carbonyl (C=O) groups is 1. The molecule has 0 saturated heterocycles. The first-order valence-corrected chi connectivity index (χ1v) is 7.94. The Morgan fingerprint density at radius 2 is 2.10 bits per heavy atom. The predicted octanol–water partition coefficient (Wildman–Crippen LogP) is 3.80. The normalized spacial score (nSPS) is 10.5. The molecule has 1 aromatic carbocycles. The summed E-state index contributed by atoms with van der Waals surface area (Å²) < 4.78 is 6.07. The van der Waals surface area contributed by atoms with E-state index in [9.17, 15) is 4.79 Å². The first-order chi connectivity index (χ1) is 9.70.